The van der Waals surface area contributed by atoms with Crippen LogP contribution < -0.4 is 15.0 Å². The Hall–Kier alpha value is -2.97. The van der Waals surface area contributed by atoms with Gasteiger partial charge in [-0.25, -0.2) is 9.97 Å². The van der Waals surface area contributed by atoms with Gasteiger partial charge in [0, 0.05) is 36.8 Å². The number of anilines is 1. The molecule has 1 aromatic carbocycles. The van der Waals surface area contributed by atoms with Crippen molar-refractivity contribution in [3.8, 4) is 16.3 Å². The third-order valence-electron chi connectivity index (χ3n) is 4.65. The summed E-state index contributed by atoms with van der Waals surface area (Å²) >= 11 is 1.45. The molecule has 150 valence electrons. The summed E-state index contributed by atoms with van der Waals surface area (Å²) in [6.45, 7) is 3.49. The summed E-state index contributed by atoms with van der Waals surface area (Å²) in [7, 11) is 1.62. The molecule has 8 heteroatoms. The maximum absolute atomic E-state index is 12.5. The van der Waals surface area contributed by atoms with Crippen LogP contribution in [0.5, 0.6) is 5.75 Å². The number of pyridine rings is 1. The summed E-state index contributed by atoms with van der Waals surface area (Å²) in [4.78, 5) is 23.7. The number of nitrogens with one attached hydrogen (secondary N) is 1. The first-order chi connectivity index (χ1) is 14.2. The fraction of sp³-hybridized carbons (Fsp3) is 0.286. The molecule has 2 aromatic heterocycles. The van der Waals surface area contributed by atoms with E-state index in [2.05, 4.69) is 20.2 Å². The van der Waals surface area contributed by atoms with E-state index in [0.29, 0.717) is 25.5 Å². The molecule has 1 N–H and O–H groups in total. The number of carbonyl (C=O) groups excluding carboxylic acids is 1. The monoisotopic (exact) mass is 410 g/mol. The Labute approximate surface area is 173 Å². The van der Waals surface area contributed by atoms with E-state index in [0.717, 1.165) is 40.8 Å². The summed E-state index contributed by atoms with van der Waals surface area (Å²) in [6, 6.07) is 11.5. The molecule has 0 unspecified atom stereocenters. The first-order valence-corrected chi connectivity index (χ1v) is 10.3. The van der Waals surface area contributed by atoms with Crippen LogP contribution in [0.15, 0.2) is 48.0 Å². The summed E-state index contributed by atoms with van der Waals surface area (Å²) in [5.74, 6) is 1.48. The van der Waals surface area contributed by atoms with Crippen molar-refractivity contribution in [3.63, 3.8) is 0 Å². The Kier molecular flexibility index (Phi) is 6.02. The van der Waals surface area contributed by atoms with Crippen LogP contribution in [0, 0.1) is 0 Å². The van der Waals surface area contributed by atoms with Crippen LogP contribution in [-0.2, 0) is 11.3 Å². The Morgan fingerprint density at radius 2 is 2.14 bits per heavy atom. The van der Waals surface area contributed by atoms with E-state index in [-0.39, 0.29) is 5.91 Å². The van der Waals surface area contributed by atoms with E-state index in [4.69, 9.17) is 9.47 Å². The number of benzene rings is 1. The summed E-state index contributed by atoms with van der Waals surface area (Å²) in [6.07, 6.45) is 1.78. The number of amides is 1. The molecule has 4 rings (SSSR count). The van der Waals surface area contributed by atoms with Gasteiger partial charge in [0.05, 0.1) is 20.3 Å². The van der Waals surface area contributed by atoms with Crippen molar-refractivity contribution in [2.75, 3.05) is 38.3 Å². The first-order valence-electron chi connectivity index (χ1n) is 9.39. The van der Waals surface area contributed by atoms with Gasteiger partial charge in [-0.15, -0.1) is 11.3 Å². The summed E-state index contributed by atoms with van der Waals surface area (Å²) in [5, 5.41) is 5.49. The topological polar surface area (TPSA) is 76.6 Å². The summed E-state index contributed by atoms with van der Waals surface area (Å²) in [5.41, 5.74) is 2.34. The van der Waals surface area contributed by atoms with Gasteiger partial charge in [0.15, 0.2) is 0 Å². The quantitative estimate of drug-likeness (QED) is 0.673. The molecule has 1 aliphatic heterocycles. The van der Waals surface area contributed by atoms with Crippen molar-refractivity contribution >= 4 is 23.1 Å². The standard InChI is InChI=1S/C21H22N4O3S/c1-27-17-4-2-3-15(11-17)13-23-20(26)18-14-29-21(24-18)16-5-6-22-19(12-16)25-7-9-28-10-8-25/h2-6,11-12,14H,7-10,13H2,1H3,(H,23,26). The van der Waals surface area contributed by atoms with Crippen LogP contribution in [0.1, 0.15) is 16.1 Å². The second kappa shape index (κ2) is 9.02. The van der Waals surface area contributed by atoms with Crippen molar-refractivity contribution < 1.29 is 14.3 Å². The molecule has 1 aliphatic rings. The van der Waals surface area contributed by atoms with Gasteiger partial charge in [-0.1, -0.05) is 12.1 Å². The molecule has 0 spiro atoms. The third kappa shape index (κ3) is 4.72. The van der Waals surface area contributed by atoms with Crippen LogP contribution in [0.3, 0.4) is 0 Å². The molecule has 7 nitrogen and oxygen atoms in total. The SMILES string of the molecule is COc1cccc(CNC(=O)c2csc(-c3ccnc(N4CCOCC4)c3)n2)c1. The highest BCUT2D eigenvalue weighted by Crippen LogP contribution is 2.26. The predicted octanol–water partition coefficient (Wildman–Crippen LogP) is 2.98. The second-order valence-corrected chi connectivity index (χ2v) is 7.43. The van der Waals surface area contributed by atoms with Crippen LogP contribution in [0.2, 0.25) is 0 Å². The molecule has 0 aliphatic carbocycles. The average molecular weight is 410 g/mol. The number of carbonyl (C=O) groups is 1. The van der Waals surface area contributed by atoms with Crippen LogP contribution in [-0.4, -0.2) is 49.3 Å². The Morgan fingerprint density at radius 3 is 2.97 bits per heavy atom. The number of methoxy groups -OCH3 is 1. The van der Waals surface area contributed by atoms with Gasteiger partial charge in [0.2, 0.25) is 0 Å². The summed E-state index contributed by atoms with van der Waals surface area (Å²) < 4.78 is 10.6. The fourth-order valence-corrected chi connectivity index (χ4v) is 3.88. The lowest BCUT2D eigenvalue weighted by Crippen LogP contribution is -2.36. The number of thiazole rings is 1. The van der Waals surface area contributed by atoms with Crippen molar-refractivity contribution in [1.82, 2.24) is 15.3 Å². The Balaban J connectivity index is 1.43. The first kappa shape index (κ1) is 19.4. The molecule has 1 amide bonds. The molecule has 0 radical (unpaired) electrons. The van der Waals surface area contributed by atoms with E-state index in [9.17, 15) is 4.79 Å². The van der Waals surface area contributed by atoms with E-state index in [1.165, 1.54) is 11.3 Å². The molecule has 3 aromatic rings. The van der Waals surface area contributed by atoms with Crippen molar-refractivity contribution in [2.24, 2.45) is 0 Å². The average Bonchev–Trinajstić information content (AvgIpc) is 3.29. The third-order valence-corrected chi connectivity index (χ3v) is 5.54. The lowest BCUT2D eigenvalue weighted by atomic mass is 10.2. The van der Waals surface area contributed by atoms with Crippen LogP contribution in [0.25, 0.3) is 10.6 Å². The minimum absolute atomic E-state index is 0.197. The van der Waals surface area contributed by atoms with Gasteiger partial charge in [0.25, 0.3) is 5.91 Å². The maximum atomic E-state index is 12.5. The number of rotatable bonds is 6. The Morgan fingerprint density at radius 1 is 1.28 bits per heavy atom. The smallest absolute Gasteiger partial charge is 0.271 e. The largest absolute Gasteiger partial charge is 0.497 e. The normalized spacial score (nSPS) is 13.9. The Bertz CT molecular complexity index is 985. The van der Waals surface area contributed by atoms with Crippen LogP contribution in [0.4, 0.5) is 5.82 Å². The number of aromatic nitrogens is 2. The van der Waals surface area contributed by atoms with Gasteiger partial charge in [-0.2, -0.15) is 0 Å². The number of nitrogens with zero attached hydrogens (tertiary/aromatic N) is 3. The zero-order valence-corrected chi connectivity index (χ0v) is 16.9. The van der Waals surface area contributed by atoms with Gasteiger partial charge in [0.1, 0.15) is 22.3 Å². The maximum Gasteiger partial charge on any atom is 0.271 e. The van der Waals surface area contributed by atoms with Gasteiger partial charge in [-0.3, -0.25) is 4.79 Å². The highest BCUT2D eigenvalue weighted by atomic mass is 32.1. The zero-order chi connectivity index (χ0) is 20.1. The van der Waals surface area contributed by atoms with Crippen molar-refractivity contribution in [1.29, 1.82) is 0 Å². The van der Waals surface area contributed by atoms with E-state index in [1.54, 1.807) is 18.7 Å². The lowest BCUT2D eigenvalue weighted by Gasteiger charge is -2.27. The van der Waals surface area contributed by atoms with E-state index in [1.807, 2.05) is 36.4 Å². The van der Waals surface area contributed by atoms with E-state index >= 15 is 0 Å². The lowest BCUT2D eigenvalue weighted by molar-refractivity contribution is 0.0946. The fourth-order valence-electron chi connectivity index (χ4n) is 3.08. The second-order valence-electron chi connectivity index (χ2n) is 6.57. The highest BCUT2D eigenvalue weighted by Gasteiger charge is 2.15. The molecule has 1 fully saturated rings. The molecule has 3 heterocycles. The number of hydrogen-bond donors (Lipinski definition) is 1. The number of hydrogen-bond acceptors (Lipinski definition) is 7. The molecule has 0 atom stereocenters. The van der Waals surface area contributed by atoms with Gasteiger partial charge >= 0.3 is 0 Å². The minimum Gasteiger partial charge on any atom is -0.497 e. The molecular weight excluding hydrogens is 388 g/mol. The highest BCUT2D eigenvalue weighted by molar-refractivity contribution is 7.13. The van der Waals surface area contributed by atoms with E-state index < -0.39 is 0 Å². The zero-order valence-electron chi connectivity index (χ0n) is 16.1. The number of morpholine rings is 1. The molecule has 29 heavy (non-hydrogen) atoms. The van der Waals surface area contributed by atoms with Gasteiger partial charge < -0.3 is 19.7 Å². The predicted molar refractivity (Wildman–Crippen MR) is 113 cm³/mol. The molecular formula is C21H22N4O3S. The van der Waals surface area contributed by atoms with Gasteiger partial charge in [-0.05, 0) is 29.8 Å². The van der Waals surface area contributed by atoms with Crippen molar-refractivity contribution in [3.05, 3.63) is 59.2 Å². The molecule has 0 bridgehead atoms. The van der Waals surface area contributed by atoms with Crippen molar-refractivity contribution in [2.45, 2.75) is 6.54 Å². The number of ether oxygens (including phenoxy) is 2. The molecule has 0 saturated carbocycles. The molecule has 1 saturated heterocycles. The minimum atomic E-state index is -0.197. The van der Waals surface area contributed by atoms with Crippen LogP contribution >= 0.6 is 11.3 Å².